The van der Waals surface area contributed by atoms with E-state index in [2.05, 4.69) is 16.9 Å². The van der Waals surface area contributed by atoms with Gasteiger partial charge in [-0.1, -0.05) is 13.0 Å². The SMILES string of the molecule is CCC(=O)/C=C/c1cccc(/C=C/C(=O)N2CCN(C)CC2)n1. The van der Waals surface area contributed by atoms with Crippen LogP contribution in [0.5, 0.6) is 0 Å². The number of ketones is 1. The molecule has 1 fully saturated rings. The highest BCUT2D eigenvalue weighted by Gasteiger charge is 2.16. The zero-order chi connectivity index (χ0) is 16.7. The summed E-state index contributed by atoms with van der Waals surface area (Å²) in [4.78, 5) is 31.9. The molecule has 0 aromatic carbocycles. The second kappa shape index (κ2) is 8.39. The average molecular weight is 313 g/mol. The van der Waals surface area contributed by atoms with E-state index in [9.17, 15) is 9.59 Å². The zero-order valence-corrected chi connectivity index (χ0v) is 13.7. The van der Waals surface area contributed by atoms with Crippen molar-refractivity contribution in [2.75, 3.05) is 33.2 Å². The maximum atomic E-state index is 12.2. The van der Waals surface area contributed by atoms with Crippen LogP contribution < -0.4 is 0 Å². The Morgan fingerprint density at radius 1 is 1.09 bits per heavy atom. The van der Waals surface area contributed by atoms with E-state index in [4.69, 9.17) is 0 Å². The van der Waals surface area contributed by atoms with Crippen molar-refractivity contribution in [3.63, 3.8) is 0 Å². The van der Waals surface area contributed by atoms with Crippen LogP contribution in [-0.2, 0) is 9.59 Å². The summed E-state index contributed by atoms with van der Waals surface area (Å²) in [6, 6.07) is 5.54. The summed E-state index contributed by atoms with van der Waals surface area (Å²) >= 11 is 0. The van der Waals surface area contributed by atoms with Crippen molar-refractivity contribution in [1.29, 1.82) is 0 Å². The molecule has 0 radical (unpaired) electrons. The second-order valence-corrected chi connectivity index (χ2v) is 5.60. The number of piperazine rings is 1. The quantitative estimate of drug-likeness (QED) is 0.779. The van der Waals surface area contributed by atoms with Crippen LogP contribution in [0.2, 0.25) is 0 Å². The topological polar surface area (TPSA) is 53.5 Å². The van der Waals surface area contributed by atoms with Crippen LogP contribution in [0.15, 0.2) is 30.4 Å². The van der Waals surface area contributed by atoms with Gasteiger partial charge in [0.05, 0.1) is 11.4 Å². The molecule has 122 valence electrons. The third-order valence-corrected chi connectivity index (χ3v) is 3.79. The summed E-state index contributed by atoms with van der Waals surface area (Å²) in [5.41, 5.74) is 1.42. The lowest BCUT2D eigenvalue weighted by Gasteiger charge is -2.31. The molecule has 0 atom stereocenters. The molecule has 5 heteroatoms. The van der Waals surface area contributed by atoms with Crippen molar-refractivity contribution in [3.8, 4) is 0 Å². The third kappa shape index (κ3) is 5.45. The van der Waals surface area contributed by atoms with Gasteiger partial charge in [0, 0.05) is 38.7 Å². The van der Waals surface area contributed by atoms with Gasteiger partial charge >= 0.3 is 0 Å². The van der Waals surface area contributed by atoms with Crippen LogP contribution in [0.1, 0.15) is 24.7 Å². The van der Waals surface area contributed by atoms with Gasteiger partial charge < -0.3 is 9.80 Å². The van der Waals surface area contributed by atoms with E-state index >= 15 is 0 Å². The third-order valence-electron chi connectivity index (χ3n) is 3.79. The molecule has 1 aromatic rings. The van der Waals surface area contributed by atoms with Gasteiger partial charge in [0.15, 0.2) is 5.78 Å². The van der Waals surface area contributed by atoms with Gasteiger partial charge in [-0.15, -0.1) is 0 Å². The monoisotopic (exact) mass is 313 g/mol. The Morgan fingerprint density at radius 3 is 2.30 bits per heavy atom. The minimum Gasteiger partial charge on any atom is -0.337 e. The normalized spacial score (nSPS) is 16.3. The molecular weight excluding hydrogens is 290 g/mol. The van der Waals surface area contributed by atoms with E-state index < -0.39 is 0 Å². The van der Waals surface area contributed by atoms with E-state index in [0.29, 0.717) is 17.8 Å². The summed E-state index contributed by atoms with van der Waals surface area (Å²) in [5.74, 6) is 0.0833. The summed E-state index contributed by atoms with van der Waals surface area (Å²) in [7, 11) is 2.06. The van der Waals surface area contributed by atoms with Crippen molar-refractivity contribution in [1.82, 2.24) is 14.8 Å². The van der Waals surface area contributed by atoms with Crippen molar-refractivity contribution < 1.29 is 9.59 Å². The number of carbonyl (C=O) groups is 2. The van der Waals surface area contributed by atoms with Crippen LogP contribution in [0, 0.1) is 0 Å². The molecule has 23 heavy (non-hydrogen) atoms. The number of pyridine rings is 1. The van der Waals surface area contributed by atoms with Crippen LogP contribution in [0.25, 0.3) is 12.2 Å². The molecule has 1 amide bonds. The predicted molar refractivity (Wildman–Crippen MR) is 91.7 cm³/mol. The maximum Gasteiger partial charge on any atom is 0.246 e. The Balaban J connectivity index is 1.98. The number of hydrogen-bond donors (Lipinski definition) is 0. The Hall–Kier alpha value is -2.27. The molecule has 5 nitrogen and oxygen atoms in total. The second-order valence-electron chi connectivity index (χ2n) is 5.60. The van der Waals surface area contributed by atoms with Crippen LogP contribution in [0.4, 0.5) is 0 Å². The van der Waals surface area contributed by atoms with E-state index in [1.54, 1.807) is 18.2 Å². The predicted octanol–water partition coefficient (Wildman–Crippen LogP) is 1.86. The highest BCUT2D eigenvalue weighted by molar-refractivity contribution is 5.93. The standard InChI is InChI=1S/C18H23N3O2/c1-3-17(22)9-7-15-5-4-6-16(19-15)8-10-18(23)21-13-11-20(2)12-14-21/h4-10H,3,11-14H2,1-2H3/b9-7+,10-8+. The van der Waals surface area contributed by atoms with E-state index in [0.717, 1.165) is 26.2 Å². The number of carbonyl (C=O) groups excluding carboxylic acids is 2. The van der Waals surface area contributed by atoms with E-state index in [1.807, 2.05) is 30.0 Å². The first-order valence-corrected chi connectivity index (χ1v) is 7.92. The van der Waals surface area contributed by atoms with E-state index in [1.165, 1.54) is 6.08 Å². The van der Waals surface area contributed by atoms with Crippen LogP contribution in [-0.4, -0.2) is 59.7 Å². The largest absolute Gasteiger partial charge is 0.337 e. The van der Waals surface area contributed by atoms with Gasteiger partial charge in [-0.25, -0.2) is 4.98 Å². The van der Waals surface area contributed by atoms with E-state index in [-0.39, 0.29) is 11.7 Å². The molecule has 0 spiro atoms. The number of nitrogens with zero attached hydrogens (tertiary/aromatic N) is 3. The molecule has 0 unspecified atom stereocenters. The smallest absolute Gasteiger partial charge is 0.246 e. The Morgan fingerprint density at radius 2 is 1.70 bits per heavy atom. The molecule has 0 saturated carbocycles. The minimum absolute atomic E-state index is 0.0157. The van der Waals surface area contributed by atoms with Crippen LogP contribution >= 0.6 is 0 Å². The first-order valence-electron chi connectivity index (χ1n) is 7.92. The summed E-state index contributed by atoms with van der Waals surface area (Å²) in [6.07, 6.45) is 7.00. The number of likely N-dealkylation sites (N-methyl/N-ethyl adjacent to an activating group) is 1. The molecule has 2 heterocycles. The van der Waals surface area contributed by atoms with Gasteiger partial charge in [0.25, 0.3) is 0 Å². The number of rotatable bonds is 5. The lowest BCUT2D eigenvalue weighted by Crippen LogP contribution is -2.46. The average Bonchev–Trinajstić information content (AvgIpc) is 2.58. The highest BCUT2D eigenvalue weighted by Crippen LogP contribution is 2.06. The Bertz CT molecular complexity index is 614. The fraction of sp³-hybridized carbons (Fsp3) is 0.389. The van der Waals surface area contributed by atoms with Crippen molar-refractivity contribution in [2.24, 2.45) is 0 Å². The number of amides is 1. The lowest BCUT2D eigenvalue weighted by atomic mass is 10.2. The maximum absolute atomic E-state index is 12.2. The van der Waals surface area contributed by atoms with Crippen molar-refractivity contribution in [3.05, 3.63) is 41.7 Å². The van der Waals surface area contributed by atoms with Gasteiger partial charge in [-0.2, -0.15) is 0 Å². The molecule has 1 aliphatic heterocycles. The zero-order valence-electron chi connectivity index (χ0n) is 13.7. The first kappa shape index (κ1) is 17.1. The minimum atomic E-state index is 0.0157. The molecule has 1 aromatic heterocycles. The molecule has 0 aliphatic carbocycles. The molecule has 1 saturated heterocycles. The number of allylic oxidation sites excluding steroid dienone is 1. The summed E-state index contributed by atoms with van der Waals surface area (Å²) < 4.78 is 0. The highest BCUT2D eigenvalue weighted by atomic mass is 16.2. The van der Waals surface area contributed by atoms with Gasteiger partial charge in [-0.3, -0.25) is 9.59 Å². The molecule has 2 rings (SSSR count). The van der Waals surface area contributed by atoms with Gasteiger partial charge in [0.1, 0.15) is 0 Å². The molecule has 1 aliphatic rings. The summed E-state index contributed by atoms with van der Waals surface area (Å²) in [5, 5.41) is 0. The van der Waals surface area contributed by atoms with Crippen LogP contribution in [0.3, 0.4) is 0 Å². The summed E-state index contributed by atoms with van der Waals surface area (Å²) in [6.45, 7) is 5.15. The fourth-order valence-corrected chi connectivity index (χ4v) is 2.24. The Kier molecular flexibility index (Phi) is 6.23. The molecular formula is C18H23N3O2. The van der Waals surface area contributed by atoms with Gasteiger partial charge in [-0.05, 0) is 37.4 Å². The van der Waals surface area contributed by atoms with Gasteiger partial charge in [0.2, 0.25) is 5.91 Å². The Labute approximate surface area is 137 Å². The molecule has 0 N–H and O–H groups in total. The number of hydrogen-bond acceptors (Lipinski definition) is 4. The van der Waals surface area contributed by atoms with Crippen molar-refractivity contribution in [2.45, 2.75) is 13.3 Å². The lowest BCUT2D eigenvalue weighted by molar-refractivity contribution is -0.127. The molecule has 0 bridgehead atoms. The number of aromatic nitrogens is 1. The first-order chi connectivity index (χ1) is 11.1. The van der Waals surface area contributed by atoms with Crippen molar-refractivity contribution >= 4 is 23.8 Å². The fourth-order valence-electron chi connectivity index (χ4n) is 2.24.